The molecule has 1 atom stereocenters. The molecule has 4 heteroatoms. The van der Waals surface area contributed by atoms with E-state index in [-0.39, 0.29) is 11.8 Å². The number of unbranched alkanes of at least 4 members (excludes halogenated alkanes) is 1. The van der Waals surface area contributed by atoms with Crippen LogP contribution in [-0.4, -0.2) is 11.7 Å². The van der Waals surface area contributed by atoms with Crippen molar-refractivity contribution in [1.29, 1.82) is 0 Å². The first-order chi connectivity index (χ1) is 7.15. The van der Waals surface area contributed by atoms with Gasteiger partial charge in [0.1, 0.15) is 5.75 Å². The minimum absolute atomic E-state index is 0.107. The van der Waals surface area contributed by atoms with E-state index in [0.29, 0.717) is 6.54 Å². The highest BCUT2D eigenvalue weighted by atomic mass is 79.9. The lowest BCUT2D eigenvalue weighted by Crippen LogP contribution is -2.11. The van der Waals surface area contributed by atoms with Crippen LogP contribution in [0.5, 0.6) is 5.75 Å². The van der Waals surface area contributed by atoms with Gasteiger partial charge in [-0.15, -0.1) is 0 Å². The summed E-state index contributed by atoms with van der Waals surface area (Å²) in [5.41, 5.74) is 12.2. The Labute approximate surface area is 98.6 Å². The molecule has 1 rings (SSSR count). The van der Waals surface area contributed by atoms with Crippen LogP contribution in [0.3, 0.4) is 0 Å². The Morgan fingerprint density at radius 3 is 2.67 bits per heavy atom. The molecule has 0 heterocycles. The zero-order valence-corrected chi connectivity index (χ0v) is 10.2. The summed E-state index contributed by atoms with van der Waals surface area (Å²) >= 11 is 3.29. The Morgan fingerprint density at radius 1 is 1.33 bits per heavy atom. The molecule has 0 aliphatic rings. The average molecular weight is 273 g/mol. The number of phenols is 1. The van der Waals surface area contributed by atoms with Gasteiger partial charge >= 0.3 is 0 Å². The Bertz CT molecular complexity index is 317. The molecule has 84 valence electrons. The van der Waals surface area contributed by atoms with Gasteiger partial charge in [0.25, 0.3) is 0 Å². The fourth-order valence-corrected chi connectivity index (χ4v) is 1.84. The normalized spacial score (nSPS) is 12.7. The number of phenolic OH excluding ortho intramolecular Hbond substituents is 1. The van der Waals surface area contributed by atoms with E-state index in [4.69, 9.17) is 11.5 Å². The van der Waals surface area contributed by atoms with Crippen molar-refractivity contribution < 1.29 is 5.11 Å². The predicted octanol–water partition coefficient (Wildman–Crippen LogP) is 2.28. The van der Waals surface area contributed by atoms with Crippen molar-refractivity contribution in [1.82, 2.24) is 0 Å². The van der Waals surface area contributed by atoms with Crippen molar-refractivity contribution in [3.8, 4) is 5.75 Å². The summed E-state index contributed by atoms with van der Waals surface area (Å²) in [5.74, 6) is 0.254. The van der Waals surface area contributed by atoms with Gasteiger partial charge in [-0.05, 0) is 31.5 Å². The highest BCUT2D eigenvalue weighted by molar-refractivity contribution is 9.10. The van der Waals surface area contributed by atoms with E-state index in [1.807, 2.05) is 12.1 Å². The van der Waals surface area contributed by atoms with Crippen molar-refractivity contribution in [2.24, 2.45) is 11.5 Å². The Balaban J connectivity index is 2.61. The molecule has 0 unspecified atom stereocenters. The molecule has 0 saturated heterocycles. The van der Waals surface area contributed by atoms with Crippen LogP contribution in [-0.2, 0) is 0 Å². The molecule has 0 aliphatic heterocycles. The first-order valence-corrected chi connectivity index (χ1v) is 5.88. The molecule has 1 aromatic carbocycles. The summed E-state index contributed by atoms with van der Waals surface area (Å²) in [6, 6.07) is 5.30. The van der Waals surface area contributed by atoms with E-state index in [0.717, 1.165) is 29.3 Å². The van der Waals surface area contributed by atoms with Crippen molar-refractivity contribution in [2.45, 2.75) is 25.3 Å². The minimum Gasteiger partial charge on any atom is -0.508 e. The number of halogens is 1. The summed E-state index contributed by atoms with van der Waals surface area (Å²) in [4.78, 5) is 0. The number of nitrogens with two attached hydrogens (primary N) is 2. The molecule has 0 bridgehead atoms. The Hall–Kier alpha value is -0.580. The molecule has 0 aliphatic carbocycles. The fourth-order valence-electron chi connectivity index (χ4n) is 1.49. The molecule has 1 aromatic rings. The summed E-state index contributed by atoms with van der Waals surface area (Å²) in [7, 11) is 0. The molecule has 3 nitrogen and oxygen atoms in total. The van der Waals surface area contributed by atoms with Crippen LogP contribution in [0.4, 0.5) is 0 Å². The van der Waals surface area contributed by atoms with E-state index >= 15 is 0 Å². The quantitative estimate of drug-likeness (QED) is 0.721. The zero-order valence-electron chi connectivity index (χ0n) is 8.62. The number of rotatable bonds is 5. The molecule has 5 N–H and O–H groups in total. The Morgan fingerprint density at radius 2 is 2.07 bits per heavy atom. The molecular formula is C11H17BrN2O. The molecule has 0 aromatic heterocycles. The van der Waals surface area contributed by atoms with Gasteiger partial charge in [0.15, 0.2) is 0 Å². The summed E-state index contributed by atoms with van der Waals surface area (Å²) in [6.07, 6.45) is 2.82. The SMILES string of the molecule is NCCCC[C@H](N)c1ccc(Br)cc1O. The van der Waals surface area contributed by atoms with Gasteiger partial charge in [-0.25, -0.2) is 0 Å². The molecule has 15 heavy (non-hydrogen) atoms. The average Bonchev–Trinajstić information content (AvgIpc) is 2.17. The monoisotopic (exact) mass is 272 g/mol. The molecule has 0 spiro atoms. The van der Waals surface area contributed by atoms with Crippen LogP contribution < -0.4 is 11.5 Å². The molecule has 0 amide bonds. The lowest BCUT2D eigenvalue weighted by molar-refractivity contribution is 0.456. The highest BCUT2D eigenvalue weighted by Gasteiger charge is 2.10. The third kappa shape index (κ3) is 3.81. The summed E-state index contributed by atoms with van der Waals surface area (Å²) in [5, 5.41) is 9.68. The van der Waals surface area contributed by atoms with Crippen LogP contribution >= 0.6 is 15.9 Å². The van der Waals surface area contributed by atoms with E-state index in [9.17, 15) is 5.11 Å². The predicted molar refractivity (Wildman–Crippen MR) is 65.6 cm³/mol. The van der Waals surface area contributed by atoms with E-state index in [1.165, 1.54) is 0 Å². The summed E-state index contributed by atoms with van der Waals surface area (Å²) in [6.45, 7) is 0.693. The van der Waals surface area contributed by atoms with Gasteiger partial charge in [0.2, 0.25) is 0 Å². The van der Waals surface area contributed by atoms with E-state index in [1.54, 1.807) is 6.07 Å². The van der Waals surface area contributed by atoms with Crippen LogP contribution in [0.2, 0.25) is 0 Å². The molecule has 0 saturated carbocycles. The van der Waals surface area contributed by atoms with Crippen molar-refractivity contribution >= 4 is 15.9 Å². The van der Waals surface area contributed by atoms with Crippen LogP contribution in [0.25, 0.3) is 0 Å². The smallest absolute Gasteiger partial charge is 0.121 e. The number of hydrogen-bond acceptors (Lipinski definition) is 3. The van der Waals surface area contributed by atoms with Crippen molar-refractivity contribution in [3.05, 3.63) is 28.2 Å². The second-order valence-electron chi connectivity index (χ2n) is 3.59. The topological polar surface area (TPSA) is 72.3 Å². The number of hydrogen-bond donors (Lipinski definition) is 3. The maximum atomic E-state index is 9.68. The first kappa shape index (κ1) is 12.5. The van der Waals surface area contributed by atoms with E-state index in [2.05, 4.69) is 15.9 Å². The first-order valence-electron chi connectivity index (χ1n) is 5.09. The summed E-state index contributed by atoms with van der Waals surface area (Å²) < 4.78 is 0.859. The third-order valence-corrected chi connectivity index (χ3v) is 2.85. The lowest BCUT2D eigenvalue weighted by atomic mass is 10.0. The van der Waals surface area contributed by atoms with Gasteiger partial charge in [0.05, 0.1) is 0 Å². The Kier molecular flexibility index (Phi) is 5.08. The largest absolute Gasteiger partial charge is 0.508 e. The minimum atomic E-state index is -0.107. The molecule has 0 fully saturated rings. The maximum Gasteiger partial charge on any atom is 0.121 e. The van der Waals surface area contributed by atoms with Crippen LogP contribution in [0.15, 0.2) is 22.7 Å². The lowest BCUT2D eigenvalue weighted by Gasteiger charge is -2.13. The highest BCUT2D eigenvalue weighted by Crippen LogP contribution is 2.28. The van der Waals surface area contributed by atoms with Gasteiger partial charge in [-0.2, -0.15) is 0 Å². The van der Waals surface area contributed by atoms with Crippen LogP contribution in [0, 0.1) is 0 Å². The number of benzene rings is 1. The van der Waals surface area contributed by atoms with E-state index < -0.39 is 0 Å². The van der Waals surface area contributed by atoms with Gasteiger partial charge in [-0.3, -0.25) is 0 Å². The fraction of sp³-hybridized carbons (Fsp3) is 0.455. The van der Waals surface area contributed by atoms with Crippen LogP contribution in [0.1, 0.15) is 30.9 Å². The van der Waals surface area contributed by atoms with Crippen molar-refractivity contribution in [2.75, 3.05) is 6.54 Å². The molecule has 0 radical (unpaired) electrons. The van der Waals surface area contributed by atoms with Gasteiger partial charge in [-0.1, -0.05) is 28.4 Å². The maximum absolute atomic E-state index is 9.68. The number of aromatic hydroxyl groups is 1. The second-order valence-corrected chi connectivity index (χ2v) is 4.51. The van der Waals surface area contributed by atoms with Crippen molar-refractivity contribution in [3.63, 3.8) is 0 Å². The van der Waals surface area contributed by atoms with Gasteiger partial charge in [0, 0.05) is 16.1 Å². The standard InChI is InChI=1S/C11H17BrN2O/c12-8-4-5-9(11(15)7-8)10(14)3-1-2-6-13/h4-5,7,10,15H,1-3,6,13-14H2/t10-/m0/s1. The molecular weight excluding hydrogens is 256 g/mol. The van der Waals surface area contributed by atoms with Gasteiger partial charge < -0.3 is 16.6 Å². The third-order valence-electron chi connectivity index (χ3n) is 2.36. The second kappa shape index (κ2) is 6.10. The zero-order chi connectivity index (χ0) is 11.3.